The van der Waals surface area contributed by atoms with Gasteiger partial charge in [0.15, 0.2) is 0 Å². The first-order valence-corrected chi connectivity index (χ1v) is 4.22. The average Bonchev–Trinajstić information content (AvgIpc) is 2.14. The van der Waals surface area contributed by atoms with Gasteiger partial charge in [-0.2, -0.15) is 13.2 Å². The first kappa shape index (κ1) is 11.0. The predicted octanol–water partition coefficient (Wildman–Crippen LogP) is 2.08. The molecule has 14 heavy (non-hydrogen) atoms. The van der Waals surface area contributed by atoms with E-state index in [2.05, 4.69) is 4.98 Å². The van der Waals surface area contributed by atoms with Crippen molar-refractivity contribution in [3.05, 3.63) is 30.1 Å². The van der Waals surface area contributed by atoms with Gasteiger partial charge in [-0.3, -0.25) is 4.98 Å². The number of aromatic nitrogens is 1. The van der Waals surface area contributed by atoms with Crippen molar-refractivity contribution in [2.75, 3.05) is 6.54 Å². The number of rotatable bonds is 3. The minimum absolute atomic E-state index is 0.0203. The van der Waals surface area contributed by atoms with Gasteiger partial charge in [0.2, 0.25) is 0 Å². The molecule has 1 atom stereocenters. The maximum Gasteiger partial charge on any atom is 0.395 e. The van der Waals surface area contributed by atoms with Crippen LogP contribution in [-0.4, -0.2) is 17.7 Å². The van der Waals surface area contributed by atoms with Gasteiger partial charge < -0.3 is 5.73 Å². The smallest absolute Gasteiger partial charge is 0.330 e. The Morgan fingerprint density at radius 3 is 2.29 bits per heavy atom. The summed E-state index contributed by atoms with van der Waals surface area (Å²) in [4.78, 5) is 3.67. The quantitative estimate of drug-likeness (QED) is 0.818. The first-order valence-electron chi connectivity index (χ1n) is 4.22. The molecule has 2 N–H and O–H groups in total. The van der Waals surface area contributed by atoms with Crippen molar-refractivity contribution in [2.45, 2.75) is 18.5 Å². The molecule has 78 valence electrons. The van der Waals surface area contributed by atoms with E-state index in [1.807, 2.05) is 0 Å². The summed E-state index contributed by atoms with van der Waals surface area (Å²) < 4.78 is 37.6. The normalized spacial score (nSPS) is 14.0. The summed E-state index contributed by atoms with van der Waals surface area (Å²) in [5.74, 6) is -1.48. The second-order valence-electron chi connectivity index (χ2n) is 2.95. The molecule has 0 aliphatic carbocycles. The molecule has 1 heterocycles. The Morgan fingerprint density at radius 1 is 1.29 bits per heavy atom. The monoisotopic (exact) mass is 204 g/mol. The Bertz CT molecular complexity index is 271. The van der Waals surface area contributed by atoms with Crippen molar-refractivity contribution >= 4 is 0 Å². The van der Waals surface area contributed by atoms with Gasteiger partial charge in [0.1, 0.15) is 0 Å². The topological polar surface area (TPSA) is 38.9 Å². The van der Waals surface area contributed by atoms with Crippen LogP contribution in [0.3, 0.4) is 0 Å². The Hall–Kier alpha value is -1.10. The maximum atomic E-state index is 12.5. The van der Waals surface area contributed by atoms with Crippen LogP contribution >= 0.6 is 0 Å². The SMILES string of the molecule is NCCC(c1ccncc1)C(F)(F)F. The second kappa shape index (κ2) is 4.41. The highest BCUT2D eigenvalue weighted by Crippen LogP contribution is 2.36. The van der Waals surface area contributed by atoms with Crippen LogP contribution in [0.5, 0.6) is 0 Å². The lowest BCUT2D eigenvalue weighted by atomic mass is 9.96. The predicted molar refractivity (Wildman–Crippen MR) is 46.7 cm³/mol. The van der Waals surface area contributed by atoms with E-state index in [0.29, 0.717) is 0 Å². The molecule has 5 heteroatoms. The molecule has 0 fully saturated rings. The summed E-state index contributed by atoms with van der Waals surface area (Å²) in [5.41, 5.74) is 5.37. The Kier molecular flexibility index (Phi) is 3.46. The van der Waals surface area contributed by atoms with Gasteiger partial charge in [-0.1, -0.05) is 0 Å². The van der Waals surface area contributed by atoms with Crippen LogP contribution in [0.15, 0.2) is 24.5 Å². The lowest BCUT2D eigenvalue weighted by Gasteiger charge is -2.19. The van der Waals surface area contributed by atoms with E-state index >= 15 is 0 Å². The molecular weight excluding hydrogens is 193 g/mol. The highest BCUT2D eigenvalue weighted by atomic mass is 19.4. The molecule has 0 saturated carbocycles. The van der Waals surface area contributed by atoms with Crippen LogP contribution in [0.1, 0.15) is 17.9 Å². The molecule has 0 saturated heterocycles. The summed E-state index contributed by atoms with van der Waals surface area (Å²) in [6.07, 6.45) is -1.62. The molecule has 2 nitrogen and oxygen atoms in total. The fourth-order valence-electron chi connectivity index (χ4n) is 1.28. The molecule has 1 aromatic heterocycles. The Balaban J connectivity index is 2.89. The average molecular weight is 204 g/mol. The number of nitrogens with zero attached hydrogens (tertiary/aromatic N) is 1. The van der Waals surface area contributed by atoms with Crippen LogP contribution in [0.2, 0.25) is 0 Å². The molecule has 0 aliphatic rings. The first-order chi connectivity index (χ1) is 6.55. The highest BCUT2D eigenvalue weighted by molar-refractivity contribution is 5.17. The molecule has 0 aromatic carbocycles. The fraction of sp³-hybridized carbons (Fsp3) is 0.444. The van der Waals surface area contributed by atoms with E-state index in [1.165, 1.54) is 24.5 Å². The fourth-order valence-corrected chi connectivity index (χ4v) is 1.28. The maximum absolute atomic E-state index is 12.5. The number of pyridine rings is 1. The zero-order valence-corrected chi connectivity index (χ0v) is 7.46. The van der Waals surface area contributed by atoms with Crippen LogP contribution in [0.4, 0.5) is 13.2 Å². The molecule has 0 spiro atoms. The number of alkyl halides is 3. The van der Waals surface area contributed by atoms with E-state index in [1.54, 1.807) is 0 Å². The van der Waals surface area contributed by atoms with Crippen molar-refractivity contribution in [3.8, 4) is 0 Å². The summed E-state index contributed by atoms with van der Waals surface area (Å²) in [6.45, 7) is 0.0203. The summed E-state index contributed by atoms with van der Waals surface area (Å²) in [6, 6.07) is 2.74. The third-order valence-corrected chi connectivity index (χ3v) is 1.96. The minimum atomic E-state index is -4.24. The van der Waals surface area contributed by atoms with Crippen LogP contribution in [-0.2, 0) is 0 Å². The molecule has 0 amide bonds. The lowest BCUT2D eigenvalue weighted by molar-refractivity contribution is -0.151. The Labute approximate surface area is 79.9 Å². The largest absolute Gasteiger partial charge is 0.395 e. The summed E-state index contributed by atoms with van der Waals surface area (Å²) in [7, 11) is 0. The zero-order valence-electron chi connectivity index (χ0n) is 7.46. The van der Waals surface area contributed by atoms with Crippen LogP contribution in [0.25, 0.3) is 0 Å². The third kappa shape index (κ3) is 2.70. The van der Waals surface area contributed by atoms with Gasteiger partial charge in [0, 0.05) is 12.4 Å². The summed E-state index contributed by atoms with van der Waals surface area (Å²) in [5, 5.41) is 0. The molecule has 1 unspecified atom stereocenters. The van der Waals surface area contributed by atoms with Crippen LogP contribution in [0, 0.1) is 0 Å². The standard InChI is InChI=1S/C9H11F3N2/c10-9(11,12)8(1-4-13)7-2-5-14-6-3-7/h2-3,5-6,8H,1,4,13H2. The minimum Gasteiger partial charge on any atom is -0.330 e. The van der Waals surface area contributed by atoms with Gasteiger partial charge in [-0.05, 0) is 30.7 Å². The van der Waals surface area contributed by atoms with E-state index in [0.717, 1.165) is 0 Å². The van der Waals surface area contributed by atoms with Gasteiger partial charge in [-0.15, -0.1) is 0 Å². The van der Waals surface area contributed by atoms with Gasteiger partial charge in [0.25, 0.3) is 0 Å². The molecule has 1 aromatic rings. The summed E-state index contributed by atoms with van der Waals surface area (Å²) >= 11 is 0. The van der Waals surface area contributed by atoms with Crippen molar-refractivity contribution in [2.24, 2.45) is 5.73 Å². The third-order valence-electron chi connectivity index (χ3n) is 1.96. The second-order valence-corrected chi connectivity index (χ2v) is 2.95. The van der Waals surface area contributed by atoms with Gasteiger partial charge in [0.05, 0.1) is 5.92 Å². The molecular formula is C9H11F3N2. The van der Waals surface area contributed by atoms with E-state index in [9.17, 15) is 13.2 Å². The van der Waals surface area contributed by atoms with Gasteiger partial charge in [-0.25, -0.2) is 0 Å². The van der Waals surface area contributed by atoms with E-state index in [-0.39, 0.29) is 18.5 Å². The van der Waals surface area contributed by atoms with Gasteiger partial charge >= 0.3 is 6.18 Å². The highest BCUT2D eigenvalue weighted by Gasteiger charge is 2.39. The van der Waals surface area contributed by atoms with E-state index in [4.69, 9.17) is 5.73 Å². The number of hydrogen-bond donors (Lipinski definition) is 1. The molecule has 0 aliphatic heterocycles. The molecule has 0 radical (unpaired) electrons. The lowest BCUT2D eigenvalue weighted by Crippen LogP contribution is -2.23. The van der Waals surface area contributed by atoms with E-state index < -0.39 is 12.1 Å². The van der Waals surface area contributed by atoms with Crippen molar-refractivity contribution in [1.29, 1.82) is 0 Å². The van der Waals surface area contributed by atoms with Crippen molar-refractivity contribution < 1.29 is 13.2 Å². The van der Waals surface area contributed by atoms with Crippen molar-refractivity contribution in [3.63, 3.8) is 0 Å². The number of hydrogen-bond acceptors (Lipinski definition) is 2. The number of halogens is 3. The zero-order chi connectivity index (χ0) is 10.6. The molecule has 0 bridgehead atoms. The number of nitrogens with two attached hydrogens (primary N) is 1. The van der Waals surface area contributed by atoms with Crippen LogP contribution < -0.4 is 5.73 Å². The van der Waals surface area contributed by atoms with Crippen molar-refractivity contribution in [1.82, 2.24) is 4.98 Å². The molecule has 1 rings (SSSR count). The Morgan fingerprint density at radius 2 is 1.86 bits per heavy atom.